The van der Waals surface area contributed by atoms with Crippen molar-refractivity contribution >= 4 is 45.1 Å². The molecule has 110 valence electrons. The van der Waals surface area contributed by atoms with Gasteiger partial charge in [-0.3, -0.25) is 4.79 Å². The largest absolute Gasteiger partial charge is 0.375 e. The fourth-order valence-corrected chi connectivity index (χ4v) is 5.03. The number of benzene rings is 1. The van der Waals surface area contributed by atoms with Gasteiger partial charge in [-0.05, 0) is 17.0 Å². The minimum absolute atomic E-state index is 0.124. The molecule has 1 N–H and O–H groups in total. The van der Waals surface area contributed by atoms with Gasteiger partial charge in [-0.1, -0.05) is 48.0 Å². The first-order valence-corrected chi connectivity index (χ1v) is 9.02. The van der Waals surface area contributed by atoms with Gasteiger partial charge in [0.15, 0.2) is 5.78 Å². The Bertz CT molecular complexity index is 824. The number of fused-ring (bicyclic) bond motifs is 1. The standard InChI is InChI=1S/C17H12ClNOS2/c18-16-13(10-5-2-1-3-6-10)14-15(20)11(9-19-17(14)22-16)12-7-4-8-21-12/h1-8,11,19H,9H2. The van der Waals surface area contributed by atoms with Gasteiger partial charge < -0.3 is 5.32 Å². The maximum Gasteiger partial charge on any atom is 0.176 e. The second kappa shape index (κ2) is 5.54. The maximum atomic E-state index is 13.0. The number of Topliss-reactive ketones (excluding diaryl/α,β-unsaturated/α-hetero) is 1. The van der Waals surface area contributed by atoms with Gasteiger partial charge in [0.25, 0.3) is 0 Å². The lowest BCUT2D eigenvalue weighted by Crippen LogP contribution is -2.26. The first-order valence-electron chi connectivity index (χ1n) is 6.95. The quantitative estimate of drug-likeness (QED) is 0.662. The molecule has 22 heavy (non-hydrogen) atoms. The highest BCUT2D eigenvalue weighted by Crippen LogP contribution is 2.47. The average molecular weight is 346 g/mol. The summed E-state index contributed by atoms with van der Waals surface area (Å²) in [5.74, 6) is 0.0406. The number of hydrogen-bond donors (Lipinski definition) is 1. The average Bonchev–Trinajstić information content (AvgIpc) is 3.16. The van der Waals surface area contributed by atoms with Crippen LogP contribution in [0, 0.1) is 0 Å². The van der Waals surface area contributed by atoms with E-state index in [0.717, 1.165) is 26.6 Å². The molecule has 0 amide bonds. The summed E-state index contributed by atoms with van der Waals surface area (Å²) in [6.07, 6.45) is 0. The van der Waals surface area contributed by atoms with Gasteiger partial charge >= 0.3 is 0 Å². The van der Waals surface area contributed by atoms with Crippen LogP contribution in [0.5, 0.6) is 0 Å². The summed E-state index contributed by atoms with van der Waals surface area (Å²) in [7, 11) is 0. The molecule has 2 aromatic heterocycles. The zero-order valence-corrected chi connectivity index (χ0v) is 13.9. The fraction of sp³-hybridized carbons (Fsp3) is 0.118. The third-order valence-electron chi connectivity index (χ3n) is 3.84. The molecule has 0 radical (unpaired) electrons. The van der Waals surface area contributed by atoms with E-state index < -0.39 is 0 Å². The van der Waals surface area contributed by atoms with Gasteiger partial charge in [0.2, 0.25) is 0 Å². The predicted octanol–water partition coefficient (Wildman–Crippen LogP) is 5.52. The molecule has 0 saturated carbocycles. The number of carbonyl (C=O) groups excluding carboxylic acids is 1. The zero-order chi connectivity index (χ0) is 15.1. The first-order chi connectivity index (χ1) is 10.8. The lowest BCUT2D eigenvalue weighted by atomic mass is 9.90. The van der Waals surface area contributed by atoms with Crippen LogP contribution in [0.25, 0.3) is 11.1 Å². The van der Waals surface area contributed by atoms with Crippen molar-refractivity contribution in [3.05, 3.63) is 62.6 Å². The van der Waals surface area contributed by atoms with Crippen molar-refractivity contribution in [2.75, 3.05) is 11.9 Å². The highest BCUT2D eigenvalue weighted by atomic mass is 35.5. The van der Waals surface area contributed by atoms with E-state index >= 15 is 0 Å². The van der Waals surface area contributed by atoms with Crippen LogP contribution in [-0.2, 0) is 0 Å². The van der Waals surface area contributed by atoms with Gasteiger partial charge in [-0.2, -0.15) is 0 Å². The second-order valence-corrected chi connectivity index (χ2v) is 7.74. The van der Waals surface area contributed by atoms with E-state index in [1.807, 2.05) is 47.8 Å². The summed E-state index contributed by atoms with van der Waals surface area (Å²) >= 11 is 9.51. The molecule has 0 aliphatic carbocycles. The minimum Gasteiger partial charge on any atom is -0.375 e. The van der Waals surface area contributed by atoms with Gasteiger partial charge in [0.05, 0.1) is 11.5 Å². The number of thiophene rings is 2. The molecule has 2 nitrogen and oxygen atoms in total. The van der Waals surface area contributed by atoms with E-state index in [-0.39, 0.29) is 11.7 Å². The second-order valence-electron chi connectivity index (χ2n) is 5.13. The van der Waals surface area contributed by atoms with Crippen LogP contribution in [0.3, 0.4) is 0 Å². The lowest BCUT2D eigenvalue weighted by Gasteiger charge is -2.22. The monoisotopic (exact) mass is 345 g/mol. The summed E-state index contributed by atoms with van der Waals surface area (Å²) in [4.78, 5) is 14.1. The molecule has 0 saturated heterocycles. The number of ketones is 1. The highest BCUT2D eigenvalue weighted by molar-refractivity contribution is 7.21. The number of halogens is 1. The van der Waals surface area contributed by atoms with Crippen LogP contribution in [0.2, 0.25) is 4.34 Å². The SMILES string of the molecule is O=C1c2c(sc(Cl)c2-c2ccccc2)NCC1c1cccs1. The number of nitrogens with one attached hydrogen (secondary N) is 1. The molecule has 1 atom stereocenters. The molecular formula is C17H12ClNOS2. The third-order valence-corrected chi connectivity index (χ3v) is 6.19. The Hall–Kier alpha value is -1.62. The maximum absolute atomic E-state index is 13.0. The minimum atomic E-state index is -0.124. The normalized spacial score (nSPS) is 17.1. The molecule has 1 aliphatic rings. The number of anilines is 1. The molecule has 0 bridgehead atoms. The van der Waals surface area contributed by atoms with E-state index in [2.05, 4.69) is 5.32 Å². The Labute approximate surface area is 141 Å². The Morgan fingerprint density at radius 2 is 1.91 bits per heavy atom. The first kappa shape index (κ1) is 14.0. The topological polar surface area (TPSA) is 29.1 Å². The van der Waals surface area contributed by atoms with Crippen molar-refractivity contribution < 1.29 is 4.79 Å². The molecule has 3 aromatic rings. The van der Waals surface area contributed by atoms with Crippen LogP contribution in [0.4, 0.5) is 5.00 Å². The predicted molar refractivity (Wildman–Crippen MR) is 94.6 cm³/mol. The van der Waals surface area contributed by atoms with E-state index in [9.17, 15) is 4.79 Å². The zero-order valence-electron chi connectivity index (χ0n) is 11.5. The Balaban J connectivity index is 1.85. The summed E-state index contributed by atoms with van der Waals surface area (Å²) < 4.78 is 0.670. The number of carbonyl (C=O) groups is 1. The summed E-state index contributed by atoms with van der Waals surface area (Å²) in [6.45, 7) is 0.636. The molecule has 0 fully saturated rings. The Morgan fingerprint density at radius 3 is 2.64 bits per heavy atom. The van der Waals surface area contributed by atoms with Gasteiger partial charge in [-0.25, -0.2) is 0 Å². The smallest absolute Gasteiger partial charge is 0.176 e. The van der Waals surface area contributed by atoms with Crippen molar-refractivity contribution in [1.29, 1.82) is 0 Å². The van der Waals surface area contributed by atoms with Crippen molar-refractivity contribution in [3.63, 3.8) is 0 Å². The Morgan fingerprint density at radius 1 is 1.09 bits per heavy atom. The molecule has 3 heterocycles. The van der Waals surface area contributed by atoms with Crippen LogP contribution < -0.4 is 5.32 Å². The Kier molecular flexibility index (Phi) is 3.53. The van der Waals surface area contributed by atoms with Crippen molar-refractivity contribution in [2.24, 2.45) is 0 Å². The molecule has 1 aromatic carbocycles. The summed E-state index contributed by atoms with van der Waals surface area (Å²) in [6, 6.07) is 13.9. The van der Waals surface area contributed by atoms with Crippen LogP contribution in [-0.4, -0.2) is 12.3 Å². The van der Waals surface area contributed by atoms with Gasteiger partial charge in [0.1, 0.15) is 9.34 Å². The molecule has 0 spiro atoms. The molecule has 1 aliphatic heterocycles. The summed E-state index contributed by atoms with van der Waals surface area (Å²) in [5, 5.41) is 6.28. The van der Waals surface area contributed by atoms with Crippen LogP contribution >= 0.6 is 34.3 Å². The number of rotatable bonds is 2. The van der Waals surface area contributed by atoms with Crippen molar-refractivity contribution in [1.82, 2.24) is 0 Å². The van der Waals surface area contributed by atoms with Crippen LogP contribution in [0.15, 0.2) is 47.8 Å². The summed E-state index contributed by atoms with van der Waals surface area (Å²) in [5.41, 5.74) is 2.60. The van der Waals surface area contributed by atoms with E-state index in [4.69, 9.17) is 11.6 Å². The van der Waals surface area contributed by atoms with Gasteiger partial charge in [0, 0.05) is 17.0 Å². The van der Waals surface area contributed by atoms with E-state index in [1.54, 1.807) is 11.3 Å². The van der Waals surface area contributed by atoms with E-state index in [1.165, 1.54) is 11.3 Å². The molecule has 4 rings (SSSR count). The fourth-order valence-electron chi connectivity index (χ4n) is 2.81. The molecule has 5 heteroatoms. The molecule has 1 unspecified atom stereocenters. The highest BCUT2D eigenvalue weighted by Gasteiger charge is 2.34. The molecular weight excluding hydrogens is 334 g/mol. The van der Waals surface area contributed by atoms with Crippen LogP contribution in [0.1, 0.15) is 21.2 Å². The van der Waals surface area contributed by atoms with Gasteiger partial charge in [-0.15, -0.1) is 22.7 Å². The van der Waals surface area contributed by atoms with E-state index in [0.29, 0.717) is 10.9 Å². The number of hydrogen-bond acceptors (Lipinski definition) is 4. The third kappa shape index (κ3) is 2.19. The van der Waals surface area contributed by atoms with Crippen molar-refractivity contribution in [2.45, 2.75) is 5.92 Å². The lowest BCUT2D eigenvalue weighted by molar-refractivity contribution is 0.0963. The van der Waals surface area contributed by atoms with Crippen molar-refractivity contribution in [3.8, 4) is 11.1 Å².